The second kappa shape index (κ2) is 5.55. The summed E-state index contributed by atoms with van der Waals surface area (Å²) in [5.41, 5.74) is 2.39. The monoisotopic (exact) mass is 343 g/mol. The highest BCUT2D eigenvalue weighted by Gasteiger charge is 1.97. The summed E-state index contributed by atoms with van der Waals surface area (Å²) in [7, 11) is 0. The van der Waals surface area contributed by atoms with E-state index in [1.807, 2.05) is 36.4 Å². The Morgan fingerprint density at radius 3 is 2.38 bits per heavy atom. The molecule has 0 heterocycles. The van der Waals surface area contributed by atoms with E-state index < -0.39 is 0 Å². The van der Waals surface area contributed by atoms with Gasteiger partial charge in [-0.2, -0.15) is 0 Å². The predicted molar refractivity (Wildman–Crippen MR) is 77.9 cm³/mol. The Bertz CT molecular complexity index is 468. The van der Waals surface area contributed by atoms with E-state index in [4.69, 9.17) is 11.6 Å². The fraction of sp³-hybridized carbons (Fsp3) is 0.0769. The molecule has 3 heteroatoms. The molecule has 0 amide bonds. The average Bonchev–Trinajstić information content (AvgIpc) is 2.30. The van der Waals surface area contributed by atoms with E-state index >= 15 is 0 Å². The van der Waals surface area contributed by atoms with Crippen LogP contribution in [0, 0.1) is 3.57 Å². The van der Waals surface area contributed by atoms with Gasteiger partial charge >= 0.3 is 0 Å². The highest BCUT2D eigenvalue weighted by atomic mass is 127. The van der Waals surface area contributed by atoms with Crippen LogP contribution in [0.2, 0.25) is 5.02 Å². The molecule has 0 radical (unpaired) electrons. The van der Waals surface area contributed by atoms with Crippen LogP contribution in [0.3, 0.4) is 0 Å². The van der Waals surface area contributed by atoms with Crippen LogP contribution < -0.4 is 5.32 Å². The van der Waals surface area contributed by atoms with Gasteiger partial charge in [0.05, 0.1) is 0 Å². The molecule has 16 heavy (non-hydrogen) atoms. The maximum absolute atomic E-state index is 5.83. The topological polar surface area (TPSA) is 12.0 Å². The molecule has 1 N–H and O–H groups in total. The maximum Gasteiger partial charge on any atom is 0.0478 e. The third-order valence-corrected chi connectivity index (χ3v) is 3.46. The minimum Gasteiger partial charge on any atom is -0.380 e. The second-order valence-corrected chi connectivity index (χ2v) is 5.06. The first kappa shape index (κ1) is 11.7. The van der Waals surface area contributed by atoms with Gasteiger partial charge in [0.15, 0.2) is 0 Å². The van der Waals surface area contributed by atoms with Gasteiger partial charge in [0, 0.05) is 20.8 Å². The predicted octanol–water partition coefficient (Wildman–Crippen LogP) is 4.56. The van der Waals surface area contributed by atoms with Crippen molar-refractivity contribution >= 4 is 39.9 Å². The molecule has 0 spiro atoms. The number of anilines is 1. The van der Waals surface area contributed by atoms with Gasteiger partial charge in [0.25, 0.3) is 0 Å². The van der Waals surface area contributed by atoms with E-state index in [9.17, 15) is 0 Å². The molecule has 0 atom stereocenters. The lowest BCUT2D eigenvalue weighted by Crippen LogP contribution is -2.00. The normalized spacial score (nSPS) is 10.1. The Labute approximate surface area is 114 Å². The van der Waals surface area contributed by atoms with Crippen LogP contribution in [-0.4, -0.2) is 0 Å². The van der Waals surface area contributed by atoms with Crippen molar-refractivity contribution in [3.63, 3.8) is 0 Å². The number of para-hydroxylation sites is 1. The molecule has 2 aromatic carbocycles. The van der Waals surface area contributed by atoms with Gasteiger partial charge in [0.1, 0.15) is 0 Å². The summed E-state index contributed by atoms with van der Waals surface area (Å²) in [4.78, 5) is 0. The molecule has 2 rings (SSSR count). The van der Waals surface area contributed by atoms with Gasteiger partial charge in [-0.05, 0) is 52.4 Å². The first-order valence-corrected chi connectivity index (χ1v) is 6.44. The summed E-state index contributed by atoms with van der Waals surface area (Å²) in [6.45, 7) is 0.817. The fourth-order valence-corrected chi connectivity index (χ4v) is 2.11. The summed E-state index contributed by atoms with van der Waals surface area (Å²) >= 11 is 8.16. The molecular weight excluding hydrogens is 333 g/mol. The largest absolute Gasteiger partial charge is 0.380 e. The lowest BCUT2D eigenvalue weighted by Gasteiger charge is -2.08. The molecule has 0 fully saturated rings. The number of halogens is 2. The lowest BCUT2D eigenvalue weighted by atomic mass is 10.2. The summed E-state index contributed by atoms with van der Waals surface area (Å²) in [5.74, 6) is 0. The Morgan fingerprint density at radius 2 is 1.69 bits per heavy atom. The molecule has 0 bridgehead atoms. The van der Waals surface area contributed by atoms with Crippen molar-refractivity contribution < 1.29 is 0 Å². The molecule has 0 aliphatic carbocycles. The summed E-state index contributed by atoms with van der Waals surface area (Å²) in [5, 5.41) is 4.17. The van der Waals surface area contributed by atoms with E-state index in [2.05, 4.69) is 40.0 Å². The van der Waals surface area contributed by atoms with Gasteiger partial charge in [-0.3, -0.25) is 0 Å². The molecule has 2 aromatic rings. The van der Waals surface area contributed by atoms with Gasteiger partial charge < -0.3 is 5.32 Å². The van der Waals surface area contributed by atoms with Crippen LogP contribution in [0.1, 0.15) is 5.56 Å². The van der Waals surface area contributed by atoms with Crippen LogP contribution in [0.15, 0.2) is 48.5 Å². The third kappa shape index (κ3) is 3.12. The van der Waals surface area contributed by atoms with Gasteiger partial charge in [-0.15, -0.1) is 0 Å². The van der Waals surface area contributed by atoms with E-state index in [1.54, 1.807) is 0 Å². The molecule has 82 valence electrons. The highest BCUT2D eigenvalue weighted by molar-refractivity contribution is 14.1. The van der Waals surface area contributed by atoms with E-state index in [1.165, 1.54) is 9.13 Å². The van der Waals surface area contributed by atoms with Crippen molar-refractivity contribution in [3.8, 4) is 0 Å². The zero-order valence-corrected chi connectivity index (χ0v) is 11.5. The first-order chi connectivity index (χ1) is 7.75. The van der Waals surface area contributed by atoms with Gasteiger partial charge in [-0.25, -0.2) is 0 Å². The summed E-state index contributed by atoms with van der Waals surface area (Å²) < 4.78 is 1.23. The Morgan fingerprint density at radius 1 is 1.00 bits per heavy atom. The standard InChI is InChI=1S/C13H11ClIN/c14-11-7-5-10(6-8-11)9-16-13-4-2-1-3-12(13)15/h1-8,16H,9H2. The molecule has 0 saturated heterocycles. The van der Waals surface area contributed by atoms with Crippen molar-refractivity contribution in [1.82, 2.24) is 0 Å². The Hall–Kier alpha value is -0.740. The van der Waals surface area contributed by atoms with Crippen molar-refractivity contribution in [1.29, 1.82) is 0 Å². The fourth-order valence-electron chi connectivity index (χ4n) is 1.40. The number of rotatable bonds is 3. The zero-order valence-electron chi connectivity index (χ0n) is 8.58. The highest BCUT2D eigenvalue weighted by Crippen LogP contribution is 2.18. The van der Waals surface area contributed by atoms with E-state index in [0.717, 1.165) is 17.3 Å². The molecule has 0 unspecified atom stereocenters. The summed E-state index contributed by atoms with van der Waals surface area (Å²) in [6.07, 6.45) is 0. The van der Waals surface area contributed by atoms with Crippen LogP contribution in [0.5, 0.6) is 0 Å². The zero-order chi connectivity index (χ0) is 11.4. The first-order valence-electron chi connectivity index (χ1n) is 4.98. The quantitative estimate of drug-likeness (QED) is 0.806. The molecule has 0 aliphatic rings. The maximum atomic E-state index is 5.83. The number of hydrogen-bond donors (Lipinski definition) is 1. The van der Waals surface area contributed by atoms with E-state index in [0.29, 0.717) is 0 Å². The smallest absolute Gasteiger partial charge is 0.0478 e. The van der Waals surface area contributed by atoms with Gasteiger partial charge in [-0.1, -0.05) is 35.9 Å². The minimum atomic E-state index is 0.776. The Kier molecular flexibility index (Phi) is 4.07. The van der Waals surface area contributed by atoms with Crippen LogP contribution in [0.25, 0.3) is 0 Å². The van der Waals surface area contributed by atoms with Crippen molar-refractivity contribution in [2.24, 2.45) is 0 Å². The molecule has 0 saturated carbocycles. The molecule has 1 nitrogen and oxygen atoms in total. The minimum absolute atomic E-state index is 0.776. The van der Waals surface area contributed by atoms with Crippen LogP contribution >= 0.6 is 34.2 Å². The van der Waals surface area contributed by atoms with Crippen LogP contribution in [0.4, 0.5) is 5.69 Å². The SMILES string of the molecule is Clc1ccc(CNc2ccccc2I)cc1. The Balaban J connectivity index is 2.02. The average molecular weight is 344 g/mol. The van der Waals surface area contributed by atoms with E-state index in [-0.39, 0.29) is 0 Å². The van der Waals surface area contributed by atoms with Crippen molar-refractivity contribution in [3.05, 3.63) is 62.7 Å². The van der Waals surface area contributed by atoms with Crippen LogP contribution in [-0.2, 0) is 6.54 Å². The summed E-state index contributed by atoms with van der Waals surface area (Å²) in [6, 6.07) is 16.1. The lowest BCUT2D eigenvalue weighted by molar-refractivity contribution is 1.15. The van der Waals surface area contributed by atoms with Crippen molar-refractivity contribution in [2.75, 3.05) is 5.32 Å². The second-order valence-electron chi connectivity index (χ2n) is 3.46. The number of benzene rings is 2. The van der Waals surface area contributed by atoms with Crippen molar-refractivity contribution in [2.45, 2.75) is 6.54 Å². The number of nitrogens with one attached hydrogen (secondary N) is 1. The third-order valence-electron chi connectivity index (χ3n) is 2.27. The van der Waals surface area contributed by atoms with Gasteiger partial charge in [0.2, 0.25) is 0 Å². The molecule has 0 aromatic heterocycles. The number of hydrogen-bond acceptors (Lipinski definition) is 1. The molecule has 0 aliphatic heterocycles. The molecular formula is C13H11ClIN.